The Balaban J connectivity index is 2.93. The predicted molar refractivity (Wildman–Crippen MR) is 65.7 cm³/mol. The largest absolute Gasteiger partial charge is 0.380 e. The van der Waals surface area contributed by atoms with Gasteiger partial charge in [0.2, 0.25) is 10.0 Å². The molecule has 1 rings (SSSR count). The summed E-state index contributed by atoms with van der Waals surface area (Å²) in [4.78, 5) is 0.122. The average Bonchev–Trinajstić information content (AvgIpc) is 2.16. The molecule has 0 aliphatic carbocycles. The van der Waals surface area contributed by atoms with E-state index in [-0.39, 0.29) is 4.90 Å². The Kier molecular flexibility index (Phi) is 4.09. The van der Waals surface area contributed by atoms with Gasteiger partial charge in [0.1, 0.15) is 4.90 Å². The second-order valence-electron chi connectivity index (χ2n) is 3.70. The van der Waals surface area contributed by atoms with Crippen LogP contribution in [-0.4, -0.2) is 15.0 Å². The van der Waals surface area contributed by atoms with Gasteiger partial charge in [0.05, 0.1) is 5.69 Å². The van der Waals surface area contributed by atoms with Gasteiger partial charge < -0.3 is 5.32 Å². The van der Waals surface area contributed by atoms with E-state index in [0.717, 1.165) is 0 Å². The van der Waals surface area contributed by atoms with E-state index < -0.39 is 10.0 Å². The first-order valence-electron chi connectivity index (χ1n) is 4.90. The summed E-state index contributed by atoms with van der Waals surface area (Å²) in [6.45, 7) is 4.54. The summed E-state index contributed by atoms with van der Waals surface area (Å²) in [6, 6.07) is 6.59. The molecular weight excluding hydrogens is 224 g/mol. The first-order chi connectivity index (χ1) is 7.41. The number of anilines is 1. The zero-order valence-corrected chi connectivity index (χ0v) is 10.2. The molecule has 0 amide bonds. The summed E-state index contributed by atoms with van der Waals surface area (Å²) < 4.78 is 22.5. The molecule has 3 N–H and O–H groups in total. The lowest BCUT2D eigenvalue weighted by Crippen LogP contribution is -2.15. The van der Waals surface area contributed by atoms with Gasteiger partial charge in [-0.15, -0.1) is 0 Å². The van der Waals surface area contributed by atoms with E-state index in [9.17, 15) is 8.42 Å². The Morgan fingerprint density at radius 3 is 2.56 bits per heavy atom. The second-order valence-corrected chi connectivity index (χ2v) is 5.23. The van der Waals surface area contributed by atoms with Crippen molar-refractivity contribution in [3.05, 3.63) is 35.9 Å². The van der Waals surface area contributed by atoms with Gasteiger partial charge in [0.25, 0.3) is 0 Å². The fourth-order valence-electron chi connectivity index (χ4n) is 1.23. The van der Waals surface area contributed by atoms with Crippen LogP contribution in [0.25, 0.3) is 0 Å². The number of primary sulfonamides is 1. The molecule has 0 aliphatic heterocycles. The number of nitrogens with one attached hydrogen (secondary N) is 1. The van der Waals surface area contributed by atoms with Crippen molar-refractivity contribution >= 4 is 15.7 Å². The quantitative estimate of drug-likeness (QED) is 0.787. The minimum absolute atomic E-state index is 0.122. The maximum Gasteiger partial charge on any atom is 0.240 e. The van der Waals surface area contributed by atoms with E-state index in [1.807, 2.05) is 19.9 Å². The van der Waals surface area contributed by atoms with Crippen molar-refractivity contribution in [1.29, 1.82) is 0 Å². The molecular formula is C11H16N2O2S. The Hall–Kier alpha value is -1.33. The van der Waals surface area contributed by atoms with Crippen LogP contribution in [0.1, 0.15) is 13.8 Å². The first-order valence-corrected chi connectivity index (χ1v) is 6.45. The number of para-hydroxylation sites is 1. The normalized spacial score (nSPS) is 10.9. The molecule has 0 atom stereocenters. The van der Waals surface area contributed by atoms with Crippen LogP contribution < -0.4 is 10.5 Å². The minimum Gasteiger partial charge on any atom is -0.380 e. The van der Waals surface area contributed by atoms with Gasteiger partial charge in [-0.1, -0.05) is 23.8 Å². The molecule has 0 spiro atoms. The Labute approximate surface area is 96.2 Å². The highest BCUT2D eigenvalue weighted by Gasteiger charge is 2.11. The van der Waals surface area contributed by atoms with Crippen molar-refractivity contribution in [3.63, 3.8) is 0 Å². The van der Waals surface area contributed by atoms with E-state index in [1.165, 1.54) is 11.6 Å². The molecule has 5 heteroatoms. The Bertz CT molecular complexity index is 488. The predicted octanol–water partition coefficient (Wildman–Crippen LogP) is 1.71. The number of nitrogens with two attached hydrogens (primary N) is 1. The fraction of sp³-hybridized carbons (Fsp3) is 0.273. The molecule has 0 radical (unpaired) electrons. The molecule has 0 aromatic heterocycles. The topological polar surface area (TPSA) is 72.2 Å². The number of benzene rings is 1. The standard InChI is InChI=1S/C11H16N2O2S/c1-9(2)7-8-13-10-5-3-4-6-11(10)16(12,14)15/h3-7,13H,8H2,1-2H3,(H2,12,14,15). The smallest absolute Gasteiger partial charge is 0.240 e. The van der Waals surface area contributed by atoms with Crippen LogP contribution in [0.3, 0.4) is 0 Å². The van der Waals surface area contributed by atoms with Crippen molar-refractivity contribution in [3.8, 4) is 0 Å². The van der Waals surface area contributed by atoms with Gasteiger partial charge in [-0.3, -0.25) is 0 Å². The summed E-state index contributed by atoms with van der Waals surface area (Å²) in [7, 11) is -3.67. The summed E-state index contributed by atoms with van der Waals surface area (Å²) in [5, 5.41) is 8.12. The number of hydrogen-bond donors (Lipinski definition) is 2. The third-order valence-electron chi connectivity index (χ3n) is 2.00. The van der Waals surface area contributed by atoms with Crippen LogP contribution in [0.4, 0.5) is 5.69 Å². The highest BCUT2D eigenvalue weighted by Crippen LogP contribution is 2.18. The summed E-state index contributed by atoms with van der Waals surface area (Å²) >= 11 is 0. The van der Waals surface area contributed by atoms with Gasteiger partial charge in [-0.25, -0.2) is 13.6 Å². The molecule has 0 aliphatic rings. The van der Waals surface area contributed by atoms with Crippen molar-refractivity contribution in [2.45, 2.75) is 18.7 Å². The van der Waals surface area contributed by atoms with Gasteiger partial charge in [-0.05, 0) is 26.0 Å². The van der Waals surface area contributed by atoms with Crippen molar-refractivity contribution in [2.24, 2.45) is 5.14 Å². The lowest BCUT2D eigenvalue weighted by molar-refractivity contribution is 0.598. The molecule has 0 heterocycles. The van der Waals surface area contributed by atoms with Crippen molar-refractivity contribution in [2.75, 3.05) is 11.9 Å². The van der Waals surface area contributed by atoms with E-state index in [1.54, 1.807) is 18.2 Å². The van der Waals surface area contributed by atoms with Gasteiger partial charge >= 0.3 is 0 Å². The molecule has 0 bridgehead atoms. The van der Waals surface area contributed by atoms with Crippen LogP contribution in [-0.2, 0) is 10.0 Å². The zero-order valence-electron chi connectivity index (χ0n) is 9.40. The summed E-state index contributed by atoms with van der Waals surface area (Å²) in [6.07, 6.45) is 1.97. The van der Waals surface area contributed by atoms with Crippen LogP contribution in [0.2, 0.25) is 0 Å². The Morgan fingerprint density at radius 1 is 1.38 bits per heavy atom. The molecule has 0 unspecified atom stereocenters. The average molecular weight is 240 g/mol. The molecule has 0 saturated carbocycles. The summed E-state index contributed by atoms with van der Waals surface area (Å²) in [5.74, 6) is 0. The monoisotopic (exact) mass is 240 g/mol. The molecule has 16 heavy (non-hydrogen) atoms. The second kappa shape index (κ2) is 5.14. The molecule has 88 valence electrons. The molecule has 0 saturated heterocycles. The third-order valence-corrected chi connectivity index (χ3v) is 2.97. The number of hydrogen-bond acceptors (Lipinski definition) is 3. The number of sulfonamides is 1. The van der Waals surface area contributed by atoms with E-state index in [4.69, 9.17) is 5.14 Å². The van der Waals surface area contributed by atoms with Gasteiger partial charge in [-0.2, -0.15) is 0 Å². The maximum absolute atomic E-state index is 11.3. The highest BCUT2D eigenvalue weighted by atomic mass is 32.2. The van der Waals surface area contributed by atoms with Crippen LogP contribution in [0.15, 0.2) is 40.8 Å². The zero-order chi connectivity index (χ0) is 12.2. The molecule has 4 nitrogen and oxygen atoms in total. The SMILES string of the molecule is CC(C)=CCNc1ccccc1S(N)(=O)=O. The highest BCUT2D eigenvalue weighted by molar-refractivity contribution is 7.89. The lowest BCUT2D eigenvalue weighted by atomic mass is 10.3. The third kappa shape index (κ3) is 3.67. The van der Waals surface area contributed by atoms with E-state index in [0.29, 0.717) is 12.2 Å². The van der Waals surface area contributed by atoms with Gasteiger partial charge in [0, 0.05) is 6.54 Å². The fourth-order valence-corrected chi connectivity index (χ4v) is 1.94. The van der Waals surface area contributed by atoms with Crippen LogP contribution >= 0.6 is 0 Å². The van der Waals surface area contributed by atoms with E-state index >= 15 is 0 Å². The van der Waals surface area contributed by atoms with Gasteiger partial charge in [0.15, 0.2) is 0 Å². The van der Waals surface area contributed by atoms with E-state index in [2.05, 4.69) is 5.32 Å². The molecule has 1 aromatic rings. The number of allylic oxidation sites excluding steroid dienone is 1. The summed E-state index contributed by atoms with van der Waals surface area (Å²) in [5.41, 5.74) is 1.70. The van der Waals surface area contributed by atoms with Crippen LogP contribution in [0, 0.1) is 0 Å². The molecule has 0 fully saturated rings. The van der Waals surface area contributed by atoms with Crippen molar-refractivity contribution in [1.82, 2.24) is 0 Å². The van der Waals surface area contributed by atoms with Crippen molar-refractivity contribution < 1.29 is 8.42 Å². The molecule has 1 aromatic carbocycles. The lowest BCUT2D eigenvalue weighted by Gasteiger charge is -2.08. The number of rotatable bonds is 4. The Morgan fingerprint density at radius 2 is 2.00 bits per heavy atom. The maximum atomic E-state index is 11.3. The minimum atomic E-state index is -3.67. The first kappa shape index (κ1) is 12.7. The van der Waals surface area contributed by atoms with Crippen LogP contribution in [0.5, 0.6) is 0 Å².